The average molecular weight is 250 g/mol. The van der Waals surface area contributed by atoms with Gasteiger partial charge in [0.15, 0.2) is 6.10 Å². The quantitative estimate of drug-likeness (QED) is 0.790. The van der Waals surface area contributed by atoms with Gasteiger partial charge in [-0.15, -0.1) is 0 Å². The van der Waals surface area contributed by atoms with E-state index in [1.54, 1.807) is 0 Å². The smallest absolute Gasteiger partial charge is 0.251 e. The molecule has 0 aliphatic carbocycles. The molecule has 0 aromatic carbocycles. The van der Waals surface area contributed by atoms with E-state index < -0.39 is 6.10 Å². The molecule has 1 aliphatic rings. The fourth-order valence-corrected chi connectivity index (χ4v) is 1.08. The summed E-state index contributed by atoms with van der Waals surface area (Å²) in [6.45, 7) is 5.40. The van der Waals surface area contributed by atoms with Crippen LogP contribution in [0.15, 0.2) is 11.1 Å². The van der Waals surface area contributed by atoms with E-state index in [2.05, 4.69) is 27.8 Å². The standard InChI is InChI=1S/C8H12BrNO3/c1-6(9)4-10-8(11)7-5-12-2-3-13-7/h7H,1-5H2,(H,10,11). The van der Waals surface area contributed by atoms with Crippen LogP contribution in [0.5, 0.6) is 0 Å². The van der Waals surface area contributed by atoms with Crippen LogP contribution in [0.25, 0.3) is 0 Å². The van der Waals surface area contributed by atoms with E-state index in [0.717, 1.165) is 4.48 Å². The topological polar surface area (TPSA) is 47.6 Å². The molecule has 1 heterocycles. The first-order chi connectivity index (χ1) is 6.20. The van der Waals surface area contributed by atoms with E-state index in [4.69, 9.17) is 9.47 Å². The van der Waals surface area contributed by atoms with Crippen molar-refractivity contribution in [2.45, 2.75) is 6.10 Å². The van der Waals surface area contributed by atoms with E-state index >= 15 is 0 Å². The third-order valence-corrected chi connectivity index (χ3v) is 1.84. The number of halogens is 1. The zero-order chi connectivity index (χ0) is 9.68. The van der Waals surface area contributed by atoms with E-state index in [1.807, 2.05) is 0 Å². The number of nitrogens with one attached hydrogen (secondary N) is 1. The van der Waals surface area contributed by atoms with Gasteiger partial charge in [-0.2, -0.15) is 0 Å². The zero-order valence-electron chi connectivity index (χ0n) is 7.22. The summed E-state index contributed by atoms with van der Waals surface area (Å²) in [7, 11) is 0. The van der Waals surface area contributed by atoms with Crippen LogP contribution in [0.3, 0.4) is 0 Å². The van der Waals surface area contributed by atoms with Gasteiger partial charge in [0.2, 0.25) is 0 Å². The van der Waals surface area contributed by atoms with Crippen molar-refractivity contribution in [2.24, 2.45) is 0 Å². The molecule has 13 heavy (non-hydrogen) atoms. The second-order valence-electron chi connectivity index (χ2n) is 2.67. The van der Waals surface area contributed by atoms with Crippen molar-refractivity contribution in [2.75, 3.05) is 26.4 Å². The summed E-state index contributed by atoms with van der Waals surface area (Å²) in [5, 5.41) is 2.66. The second-order valence-corrected chi connectivity index (χ2v) is 3.79. The number of ether oxygens (including phenoxy) is 2. The van der Waals surface area contributed by atoms with Crippen molar-refractivity contribution in [3.05, 3.63) is 11.1 Å². The van der Waals surface area contributed by atoms with Crippen LogP contribution in [0, 0.1) is 0 Å². The van der Waals surface area contributed by atoms with E-state index in [1.165, 1.54) is 0 Å². The molecule has 1 saturated heterocycles. The first kappa shape index (κ1) is 10.7. The summed E-state index contributed by atoms with van der Waals surface area (Å²) in [6, 6.07) is 0. The van der Waals surface area contributed by atoms with E-state index in [-0.39, 0.29) is 5.91 Å². The SMILES string of the molecule is C=C(Br)CNC(=O)C1COCCO1. The highest BCUT2D eigenvalue weighted by molar-refractivity contribution is 9.11. The van der Waals surface area contributed by atoms with Gasteiger partial charge < -0.3 is 14.8 Å². The molecular weight excluding hydrogens is 238 g/mol. The molecular formula is C8H12BrNO3. The monoisotopic (exact) mass is 249 g/mol. The number of rotatable bonds is 3. The first-order valence-electron chi connectivity index (χ1n) is 4.00. The van der Waals surface area contributed by atoms with Gasteiger partial charge in [0.25, 0.3) is 5.91 Å². The summed E-state index contributed by atoms with van der Waals surface area (Å²) in [5.74, 6) is -0.152. The maximum Gasteiger partial charge on any atom is 0.251 e. The summed E-state index contributed by atoms with van der Waals surface area (Å²) in [5.41, 5.74) is 0. The first-order valence-corrected chi connectivity index (χ1v) is 4.80. The van der Waals surface area contributed by atoms with Gasteiger partial charge in [-0.3, -0.25) is 4.79 Å². The minimum absolute atomic E-state index is 0.152. The maximum atomic E-state index is 11.3. The normalized spacial score (nSPS) is 22.4. The highest BCUT2D eigenvalue weighted by Gasteiger charge is 2.21. The molecule has 0 aromatic rings. The second kappa shape index (κ2) is 5.36. The lowest BCUT2D eigenvalue weighted by molar-refractivity contribution is -0.147. The van der Waals surface area contributed by atoms with Crippen LogP contribution >= 0.6 is 15.9 Å². The Morgan fingerprint density at radius 2 is 2.38 bits per heavy atom. The average Bonchev–Trinajstić information content (AvgIpc) is 2.15. The number of hydrogen-bond acceptors (Lipinski definition) is 3. The minimum atomic E-state index is -0.472. The van der Waals surface area contributed by atoms with Crippen LogP contribution in [0.2, 0.25) is 0 Å². The summed E-state index contributed by atoms with van der Waals surface area (Å²) < 4.78 is 11.0. The van der Waals surface area contributed by atoms with Gasteiger partial charge in [-0.05, 0) is 0 Å². The molecule has 1 amide bonds. The minimum Gasteiger partial charge on any atom is -0.376 e. The highest BCUT2D eigenvalue weighted by Crippen LogP contribution is 2.02. The molecule has 0 aromatic heterocycles. The van der Waals surface area contributed by atoms with Crippen LogP contribution in [0.1, 0.15) is 0 Å². The molecule has 1 unspecified atom stereocenters. The molecule has 4 nitrogen and oxygen atoms in total. The Bertz CT molecular complexity index is 202. The Kier molecular flexibility index (Phi) is 4.41. The third kappa shape index (κ3) is 3.89. The van der Waals surface area contributed by atoms with Crippen molar-refractivity contribution in [3.8, 4) is 0 Å². The van der Waals surface area contributed by atoms with Gasteiger partial charge in [0.05, 0.1) is 19.8 Å². The van der Waals surface area contributed by atoms with Gasteiger partial charge in [-0.25, -0.2) is 0 Å². The number of carbonyl (C=O) groups excluding carboxylic acids is 1. The molecule has 1 aliphatic heterocycles. The summed E-state index contributed by atoms with van der Waals surface area (Å²) in [4.78, 5) is 11.3. The Morgan fingerprint density at radius 1 is 1.62 bits per heavy atom. The van der Waals surface area contributed by atoms with E-state index in [0.29, 0.717) is 26.4 Å². The summed E-state index contributed by atoms with van der Waals surface area (Å²) in [6.07, 6.45) is -0.472. The molecule has 74 valence electrons. The fraction of sp³-hybridized carbons (Fsp3) is 0.625. The van der Waals surface area contributed by atoms with Gasteiger partial charge in [0, 0.05) is 11.0 Å². The number of carbonyl (C=O) groups is 1. The van der Waals surface area contributed by atoms with Crippen molar-refractivity contribution in [1.82, 2.24) is 5.32 Å². The molecule has 0 saturated carbocycles. The summed E-state index contributed by atoms with van der Waals surface area (Å²) >= 11 is 3.15. The van der Waals surface area contributed by atoms with Crippen molar-refractivity contribution >= 4 is 21.8 Å². The highest BCUT2D eigenvalue weighted by atomic mass is 79.9. The third-order valence-electron chi connectivity index (χ3n) is 1.56. The predicted molar refractivity (Wildman–Crippen MR) is 51.6 cm³/mol. The lowest BCUT2D eigenvalue weighted by Gasteiger charge is -2.21. The molecule has 5 heteroatoms. The number of hydrogen-bond donors (Lipinski definition) is 1. The molecule has 1 fully saturated rings. The molecule has 0 bridgehead atoms. The molecule has 0 spiro atoms. The number of amides is 1. The van der Waals surface area contributed by atoms with Crippen LogP contribution in [-0.4, -0.2) is 38.4 Å². The lowest BCUT2D eigenvalue weighted by atomic mass is 10.3. The van der Waals surface area contributed by atoms with Crippen LogP contribution in [-0.2, 0) is 14.3 Å². The predicted octanol–water partition coefficient (Wildman–Crippen LogP) is 0.427. The Labute approximate surface area is 85.4 Å². The van der Waals surface area contributed by atoms with Gasteiger partial charge in [0.1, 0.15) is 0 Å². The van der Waals surface area contributed by atoms with Crippen LogP contribution in [0.4, 0.5) is 0 Å². The fourth-order valence-electron chi connectivity index (χ4n) is 0.936. The Morgan fingerprint density at radius 3 is 2.92 bits per heavy atom. The van der Waals surface area contributed by atoms with Crippen LogP contribution < -0.4 is 5.32 Å². The maximum absolute atomic E-state index is 11.3. The zero-order valence-corrected chi connectivity index (χ0v) is 8.80. The van der Waals surface area contributed by atoms with Crippen molar-refractivity contribution in [3.63, 3.8) is 0 Å². The van der Waals surface area contributed by atoms with Gasteiger partial charge in [-0.1, -0.05) is 22.5 Å². The Hall–Kier alpha value is -0.390. The molecule has 1 rings (SSSR count). The van der Waals surface area contributed by atoms with E-state index in [9.17, 15) is 4.79 Å². The molecule has 1 atom stereocenters. The van der Waals surface area contributed by atoms with Crippen molar-refractivity contribution < 1.29 is 14.3 Å². The lowest BCUT2D eigenvalue weighted by Crippen LogP contribution is -2.43. The van der Waals surface area contributed by atoms with Gasteiger partial charge >= 0.3 is 0 Å². The molecule has 0 radical (unpaired) electrons. The largest absolute Gasteiger partial charge is 0.376 e. The molecule has 1 N–H and O–H groups in total. The van der Waals surface area contributed by atoms with Crippen molar-refractivity contribution in [1.29, 1.82) is 0 Å². The Balaban J connectivity index is 2.25.